The predicted octanol–water partition coefficient (Wildman–Crippen LogP) is 3.02. The number of halogens is 3. The molecule has 1 aromatic heterocycles. The average molecular weight is 447 g/mol. The number of benzene rings is 1. The highest BCUT2D eigenvalue weighted by molar-refractivity contribution is 6.02. The maximum absolute atomic E-state index is 13.0. The minimum atomic E-state index is -4.48. The molecule has 2 aliphatic rings. The van der Waals surface area contributed by atoms with Crippen molar-refractivity contribution >= 4 is 23.2 Å². The quantitative estimate of drug-likeness (QED) is 0.763. The number of hydrogen-bond donors (Lipinski definition) is 1. The fraction of sp³-hybridized carbons (Fsp3) is 0.455. The van der Waals surface area contributed by atoms with Crippen molar-refractivity contribution < 1.29 is 22.8 Å². The second kappa shape index (κ2) is 9.23. The number of anilines is 2. The van der Waals surface area contributed by atoms with Crippen LogP contribution in [0.15, 0.2) is 42.7 Å². The SMILES string of the molecule is O=C(CC(F)(F)F)N1CCC(c2ccc(N(C(=O)C3CNC3)c3ccnnc3)cc2)CC1. The number of nitrogens with one attached hydrogen (secondary N) is 1. The molecule has 0 aliphatic carbocycles. The average Bonchev–Trinajstić information content (AvgIpc) is 2.73. The van der Waals surface area contributed by atoms with Crippen molar-refractivity contribution in [2.75, 3.05) is 31.1 Å². The van der Waals surface area contributed by atoms with Gasteiger partial charge in [-0.25, -0.2) is 0 Å². The third-order valence-corrected chi connectivity index (χ3v) is 6.00. The summed E-state index contributed by atoms with van der Waals surface area (Å²) >= 11 is 0. The van der Waals surface area contributed by atoms with E-state index in [1.54, 1.807) is 17.2 Å². The summed E-state index contributed by atoms with van der Waals surface area (Å²) in [4.78, 5) is 27.8. The first-order chi connectivity index (χ1) is 15.3. The predicted molar refractivity (Wildman–Crippen MR) is 111 cm³/mol. The van der Waals surface area contributed by atoms with E-state index in [1.165, 1.54) is 11.1 Å². The van der Waals surface area contributed by atoms with Gasteiger partial charge in [0.25, 0.3) is 0 Å². The van der Waals surface area contributed by atoms with Gasteiger partial charge in [0.1, 0.15) is 6.42 Å². The summed E-state index contributed by atoms with van der Waals surface area (Å²) in [5.41, 5.74) is 2.40. The van der Waals surface area contributed by atoms with Crippen LogP contribution < -0.4 is 10.2 Å². The van der Waals surface area contributed by atoms with Crippen LogP contribution >= 0.6 is 0 Å². The molecule has 2 amide bonds. The zero-order chi connectivity index (χ0) is 22.7. The molecule has 0 atom stereocenters. The van der Waals surface area contributed by atoms with Crippen molar-refractivity contribution in [3.63, 3.8) is 0 Å². The Hall–Kier alpha value is -3.01. The number of alkyl halides is 3. The first-order valence-corrected chi connectivity index (χ1v) is 10.6. The van der Waals surface area contributed by atoms with Crippen molar-refractivity contribution in [1.29, 1.82) is 0 Å². The molecule has 0 unspecified atom stereocenters. The number of likely N-dealkylation sites (tertiary alicyclic amines) is 1. The van der Waals surface area contributed by atoms with Crippen molar-refractivity contribution in [2.24, 2.45) is 5.92 Å². The lowest BCUT2D eigenvalue weighted by molar-refractivity contribution is -0.162. The van der Waals surface area contributed by atoms with E-state index in [4.69, 9.17) is 0 Å². The summed E-state index contributed by atoms with van der Waals surface area (Å²) in [5, 5.41) is 10.8. The summed E-state index contributed by atoms with van der Waals surface area (Å²) < 4.78 is 37.4. The maximum atomic E-state index is 13.0. The van der Waals surface area contributed by atoms with Gasteiger partial charge in [-0.3, -0.25) is 14.5 Å². The smallest absolute Gasteiger partial charge is 0.342 e. The van der Waals surface area contributed by atoms with E-state index in [9.17, 15) is 22.8 Å². The lowest BCUT2D eigenvalue weighted by Gasteiger charge is -2.33. The van der Waals surface area contributed by atoms with Gasteiger partial charge < -0.3 is 10.2 Å². The van der Waals surface area contributed by atoms with Crippen molar-refractivity contribution in [1.82, 2.24) is 20.4 Å². The molecule has 2 fully saturated rings. The maximum Gasteiger partial charge on any atom is 0.397 e. The summed E-state index contributed by atoms with van der Waals surface area (Å²) in [6.45, 7) is 1.89. The van der Waals surface area contributed by atoms with E-state index in [0.717, 1.165) is 11.3 Å². The van der Waals surface area contributed by atoms with Crippen LogP contribution in [0.3, 0.4) is 0 Å². The van der Waals surface area contributed by atoms with Gasteiger partial charge in [-0.15, -0.1) is 0 Å². The Morgan fingerprint density at radius 3 is 2.25 bits per heavy atom. The molecule has 1 aromatic carbocycles. The zero-order valence-corrected chi connectivity index (χ0v) is 17.4. The third-order valence-electron chi connectivity index (χ3n) is 6.00. The van der Waals surface area contributed by atoms with Gasteiger partial charge in [0.05, 0.1) is 24.0 Å². The van der Waals surface area contributed by atoms with Crippen LogP contribution in [0.4, 0.5) is 24.5 Å². The number of rotatable bonds is 5. The van der Waals surface area contributed by atoms with Gasteiger partial charge in [-0.05, 0) is 42.5 Å². The molecule has 7 nitrogen and oxygen atoms in total. The summed E-state index contributed by atoms with van der Waals surface area (Å²) in [7, 11) is 0. The standard InChI is InChI=1S/C22H24F3N5O2/c23-22(24,25)11-20(31)29-9-6-16(7-10-29)15-1-3-18(4-2-15)30(19-5-8-27-28-14-19)21(32)17-12-26-13-17/h1-5,8,14,16-17,26H,6-7,9-13H2. The van der Waals surface area contributed by atoms with Crippen LogP contribution in [-0.4, -0.2) is 59.3 Å². The van der Waals surface area contributed by atoms with E-state index >= 15 is 0 Å². The summed E-state index contributed by atoms with van der Waals surface area (Å²) in [5.74, 6) is -0.819. The molecule has 3 heterocycles. The van der Waals surface area contributed by atoms with Crippen molar-refractivity contribution in [3.05, 3.63) is 48.3 Å². The molecular weight excluding hydrogens is 423 g/mol. The van der Waals surface area contributed by atoms with E-state index in [2.05, 4.69) is 15.5 Å². The monoisotopic (exact) mass is 447 g/mol. The van der Waals surface area contributed by atoms with Crippen LogP contribution in [0, 0.1) is 5.92 Å². The van der Waals surface area contributed by atoms with Crippen LogP contribution in [-0.2, 0) is 9.59 Å². The van der Waals surface area contributed by atoms with E-state index in [-0.39, 0.29) is 17.7 Å². The number of amides is 2. The Morgan fingerprint density at radius 2 is 1.72 bits per heavy atom. The molecule has 0 spiro atoms. The van der Waals surface area contributed by atoms with Gasteiger partial charge in [0.2, 0.25) is 11.8 Å². The number of piperidine rings is 1. The van der Waals surface area contributed by atoms with Crippen LogP contribution in [0.25, 0.3) is 0 Å². The van der Waals surface area contributed by atoms with Gasteiger partial charge in [0, 0.05) is 31.9 Å². The fourth-order valence-electron chi connectivity index (χ4n) is 4.11. The molecule has 2 aromatic rings. The third kappa shape index (κ3) is 5.07. The molecule has 0 radical (unpaired) electrons. The number of hydrogen-bond acceptors (Lipinski definition) is 5. The molecule has 4 rings (SSSR count). The lowest BCUT2D eigenvalue weighted by atomic mass is 9.89. The second-order valence-corrected chi connectivity index (χ2v) is 8.17. The largest absolute Gasteiger partial charge is 0.397 e. The second-order valence-electron chi connectivity index (χ2n) is 8.17. The molecular formula is C22H24F3N5O2. The molecule has 2 saturated heterocycles. The zero-order valence-electron chi connectivity index (χ0n) is 17.4. The Balaban J connectivity index is 1.44. The molecule has 1 N–H and O–H groups in total. The Labute approximate surface area is 183 Å². The minimum Gasteiger partial charge on any atom is -0.342 e. The van der Waals surface area contributed by atoms with Crippen LogP contribution in [0.5, 0.6) is 0 Å². The number of carbonyl (C=O) groups excluding carboxylic acids is 2. The Kier molecular flexibility index (Phi) is 6.40. The number of aromatic nitrogens is 2. The molecule has 0 bridgehead atoms. The van der Waals surface area contributed by atoms with Crippen molar-refractivity contribution in [2.45, 2.75) is 31.4 Å². The van der Waals surface area contributed by atoms with Gasteiger partial charge in [-0.2, -0.15) is 23.4 Å². The fourth-order valence-corrected chi connectivity index (χ4v) is 4.11. The molecule has 170 valence electrons. The lowest BCUT2D eigenvalue weighted by Crippen LogP contribution is -2.51. The highest BCUT2D eigenvalue weighted by atomic mass is 19.4. The Morgan fingerprint density at radius 1 is 1.03 bits per heavy atom. The van der Waals surface area contributed by atoms with Crippen LogP contribution in [0.1, 0.15) is 30.7 Å². The van der Waals surface area contributed by atoms with E-state index < -0.39 is 18.5 Å². The molecule has 32 heavy (non-hydrogen) atoms. The highest BCUT2D eigenvalue weighted by Gasteiger charge is 2.35. The minimum absolute atomic E-state index is 0.0130. The van der Waals surface area contributed by atoms with Crippen molar-refractivity contribution in [3.8, 4) is 0 Å². The molecule has 10 heteroatoms. The number of carbonyl (C=O) groups is 2. The normalized spacial score (nSPS) is 17.7. The summed E-state index contributed by atoms with van der Waals surface area (Å²) in [6, 6.07) is 9.38. The topological polar surface area (TPSA) is 78.4 Å². The first kappa shape index (κ1) is 22.2. The van der Waals surface area contributed by atoms with Gasteiger partial charge >= 0.3 is 6.18 Å². The molecule has 2 aliphatic heterocycles. The van der Waals surface area contributed by atoms with E-state index in [1.807, 2.05) is 24.3 Å². The molecule has 0 saturated carbocycles. The van der Waals surface area contributed by atoms with Gasteiger partial charge in [0.15, 0.2) is 0 Å². The first-order valence-electron chi connectivity index (χ1n) is 10.6. The summed E-state index contributed by atoms with van der Waals surface area (Å²) in [6.07, 6.45) is -1.59. The highest BCUT2D eigenvalue weighted by Crippen LogP contribution is 2.33. The van der Waals surface area contributed by atoms with Gasteiger partial charge in [-0.1, -0.05) is 12.1 Å². The van der Waals surface area contributed by atoms with Crippen LogP contribution in [0.2, 0.25) is 0 Å². The number of nitrogens with zero attached hydrogens (tertiary/aromatic N) is 4. The Bertz CT molecular complexity index is 940. The van der Waals surface area contributed by atoms with E-state index in [0.29, 0.717) is 44.7 Å².